The van der Waals surface area contributed by atoms with Gasteiger partial charge >= 0.3 is 6.09 Å². The first kappa shape index (κ1) is 14.5. The quantitative estimate of drug-likeness (QED) is 0.839. The standard InChI is InChI=1S/C13H21NO4/c1-9(14-12(16)18-13(2,3)4)11(15)10-7-5-6-8-17-10/h7,9H,5-6,8H2,1-4H3,(H,14,16). The summed E-state index contributed by atoms with van der Waals surface area (Å²) < 4.78 is 10.3. The molecule has 0 bridgehead atoms. The number of nitrogens with one attached hydrogen (secondary N) is 1. The van der Waals surface area contributed by atoms with E-state index in [1.807, 2.05) is 0 Å². The maximum atomic E-state index is 11.9. The van der Waals surface area contributed by atoms with Gasteiger partial charge < -0.3 is 14.8 Å². The first-order valence-electron chi connectivity index (χ1n) is 6.16. The zero-order valence-electron chi connectivity index (χ0n) is 11.4. The van der Waals surface area contributed by atoms with Gasteiger partial charge in [-0.15, -0.1) is 0 Å². The molecule has 0 aliphatic carbocycles. The molecule has 0 fully saturated rings. The average Bonchev–Trinajstić information content (AvgIpc) is 2.26. The van der Waals surface area contributed by atoms with Crippen LogP contribution in [0.2, 0.25) is 0 Å². The molecule has 0 saturated heterocycles. The summed E-state index contributed by atoms with van der Waals surface area (Å²) in [6.07, 6.45) is 2.92. The summed E-state index contributed by atoms with van der Waals surface area (Å²) in [7, 11) is 0. The summed E-state index contributed by atoms with van der Waals surface area (Å²) >= 11 is 0. The van der Waals surface area contributed by atoms with Crippen LogP contribution in [0, 0.1) is 0 Å². The van der Waals surface area contributed by atoms with E-state index in [0.29, 0.717) is 12.4 Å². The van der Waals surface area contributed by atoms with Crippen molar-refractivity contribution in [1.29, 1.82) is 0 Å². The van der Waals surface area contributed by atoms with E-state index in [1.54, 1.807) is 33.8 Å². The Bertz CT molecular complexity index is 354. The van der Waals surface area contributed by atoms with E-state index in [1.165, 1.54) is 0 Å². The van der Waals surface area contributed by atoms with Crippen LogP contribution in [0.15, 0.2) is 11.8 Å². The normalized spacial score (nSPS) is 17.2. The number of alkyl carbamates (subject to hydrolysis) is 1. The summed E-state index contributed by atoms with van der Waals surface area (Å²) in [4.78, 5) is 23.4. The molecule has 1 unspecified atom stereocenters. The largest absolute Gasteiger partial charge is 0.490 e. The van der Waals surface area contributed by atoms with Crippen LogP contribution < -0.4 is 5.32 Å². The Labute approximate surface area is 108 Å². The zero-order valence-corrected chi connectivity index (χ0v) is 11.4. The molecule has 102 valence electrons. The predicted molar refractivity (Wildman–Crippen MR) is 67.1 cm³/mol. The topological polar surface area (TPSA) is 64.6 Å². The maximum absolute atomic E-state index is 11.9. The van der Waals surface area contributed by atoms with Crippen molar-refractivity contribution < 1.29 is 19.1 Å². The number of amides is 1. The Balaban J connectivity index is 2.49. The van der Waals surface area contributed by atoms with Crippen molar-refractivity contribution in [2.24, 2.45) is 0 Å². The minimum atomic E-state index is -0.649. The van der Waals surface area contributed by atoms with Crippen LogP contribution >= 0.6 is 0 Å². The van der Waals surface area contributed by atoms with E-state index in [2.05, 4.69) is 5.32 Å². The minimum absolute atomic E-state index is 0.222. The Hall–Kier alpha value is -1.52. The Kier molecular flexibility index (Phi) is 4.76. The van der Waals surface area contributed by atoms with Crippen molar-refractivity contribution >= 4 is 11.9 Å². The lowest BCUT2D eigenvalue weighted by Gasteiger charge is -2.22. The van der Waals surface area contributed by atoms with Crippen molar-refractivity contribution in [3.05, 3.63) is 11.8 Å². The lowest BCUT2D eigenvalue weighted by atomic mass is 10.1. The molecule has 1 aliphatic heterocycles. The molecule has 18 heavy (non-hydrogen) atoms. The number of ketones is 1. The highest BCUT2D eigenvalue weighted by molar-refractivity contribution is 5.99. The van der Waals surface area contributed by atoms with Crippen molar-refractivity contribution in [2.45, 2.75) is 52.2 Å². The number of rotatable bonds is 3. The number of carbonyl (C=O) groups excluding carboxylic acids is 2. The fourth-order valence-electron chi connectivity index (χ4n) is 1.49. The second-order valence-electron chi connectivity index (χ2n) is 5.29. The molecular formula is C13H21NO4. The van der Waals surface area contributed by atoms with Crippen molar-refractivity contribution in [1.82, 2.24) is 5.32 Å². The molecule has 1 heterocycles. The van der Waals surface area contributed by atoms with E-state index in [4.69, 9.17) is 9.47 Å². The smallest absolute Gasteiger partial charge is 0.408 e. The Morgan fingerprint density at radius 2 is 2.11 bits per heavy atom. The van der Waals surface area contributed by atoms with Gasteiger partial charge in [-0.3, -0.25) is 4.79 Å². The molecular weight excluding hydrogens is 234 g/mol. The molecule has 0 aromatic carbocycles. The van der Waals surface area contributed by atoms with E-state index in [0.717, 1.165) is 12.8 Å². The van der Waals surface area contributed by atoms with E-state index in [9.17, 15) is 9.59 Å². The maximum Gasteiger partial charge on any atom is 0.408 e. The van der Waals surface area contributed by atoms with Gasteiger partial charge in [-0.05, 0) is 46.6 Å². The number of hydrogen-bond acceptors (Lipinski definition) is 4. The highest BCUT2D eigenvalue weighted by atomic mass is 16.6. The fourth-order valence-corrected chi connectivity index (χ4v) is 1.49. The number of allylic oxidation sites excluding steroid dienone is 1. The van der Waals surface area contributed by atoms with Crippen LogP contribution in [-0.2, 0) is 14.3 Å². The van der Waals surface area contributed by atoms with Crippen LogP contribution in [0.5, 0.6) is 0 Å². The monoisotopic (exact) mass is 255 g/mol. The lowest BCUT2D eigenvalue weighted by molar-refractivity contribution is -0.120. The van der Waals surface area contributed by atoms with Gasteiger partial charge in [0.25, 0.3) is 0 Å². The van der Waals surface area contributed by atoms with Gasteiger partial charge in [-0.1, -0.05) is 0 Å². The Morgan fingerprint density at radius 3 is 2.61 bits per heavy atom. The number of hydrogen-bond donors (Lipinski definition) is 1. The highest BCUT2D eigenvalue weighted by Crippen LogP contribution is 2.13. The van der Waals surface area contributed by atoms with Crippen LogP contribution in [0.3, 0.4) is 0 Å². The van der Waals surface area contributed by atoms with E-state index in [-0.39, 0.29) is 5.78 Å². The first-order valence-corrected chi connectivity index (χ1v) is 6.16. The van der Waals surface area contributed by atoms with Crippen molar-refractivity contribution in [3.8, 4) is 0 Å². The van der Waals surface area contributed by atoms with Gasteiger partial charge in [0.2, 0.25) is 5.78 Å². The van der Waals surface area contributed by atoms with E-state index < -0.39 is 17.7 Å². The Morgan fingerprint density at radius 1 is 1.44 bits per heavy atom. The van der Waals surface area contributed by atoms with Crippen molar-refractivity contribution in [3.63, 3.8) is 0 Å². The third kappa shape index (κ3) is 4.77. The molecule has 0 saturated carbocycles. The van der Waals surface area contributed by atoms with Crippen LogP contribution in [-0.4, -0.2) is 30.1 Å². The molecule has 0 aromatic rings. The van der Waals surface area contributed by atoms with Crippen LogP contribution in [0.4, 0.5) is 4.79 Å². The minimum Gasteiger partial charge on any atom is -0.490 e. The SMILES string of the molecule is CC(NC(=O)OC(C)(C)C)C(=O)C1=CCCCO1. The zero-order chi connectivity index (χ0) is 13.8. The van der Waals surface area contributed by atoms with Gasteiger partial charge in [-0.2, -0.15) is 0 Å². The molecule has 5 nitrogen and oxygen atoms in total. The number of carbonyl (C=O) groups is 2. The second kappa shape index (κ2) is 5.89. The summed E-state index contributed by atoms with van der Waals surface area (Å²) in [5.41, 5.74) is -0.576. The van der Waals surface area contributed by atoms with Gasteiger partial charge in [0.15, 0.2) is 5.76 Å². The highest BCUT2D eigenvalue weighted by Gasteiger charge is 2.24. The van der Waals surface area contributed by atoms with Gasteiger partial charge in [0.1, 0.15) is 5.60 Å². The molecule has 5 heteroatoms. The summed E-state index contributed by atoms with van der Waals surface area (Å²) in [6.45, 7) is 7.48. The van der Waals surface area contributed by atoms with Crippen molar-refractivity contribution in [2.75, 3.05) is 6.61 Å². The molecule has 1 rings (SSSR count). The molecule has 1 atom stereocenters. The predicted octanol–water partition coefficient (Wildman–Crippen LogP) is 2.16. The number of ether oxygens (including phenoxy) is 2. The van der Waals surface area contributed by atoms with Gasteiger partial charge in [0.05, 0.1) is 12.6 Å². The summed E-state index contributed by atoms with van der Waals surface area (Å²) in [5, 5.41) is 2.50. The average molecular weight is 255 g/mol. The lowest BCUT2D eigenvalue weighted by Crippen LogP contribution is -2.42. The van der Waals surface area contributed by atoms with E-state index >= 15 is 0 Å². The molecule has 1 amide bonds. The van der Waals surface area contributed by atoms with Crippen LogP contribution in [0.25, 0.3) is 0 Å². The summed E-state index contributed by atoms with van der Waals surface area (Å²) in [5.74, 6) is 0.116. The number of Topliss-reactive ketones (excluding diaryl/α,β-unsaturated/α-hetero) is 1. The first-order chi connectivity index (χ1) is 8.29. The molecule has 0 radical (unpaired) electrons. The van der Waals surface area contributed by atoms with Gasteiger partial charge in [-0.25, -0.2) is 4.79 Å². The fraction of sp³-hybridized carbons (Fsp3) is 0.692. The van der Waals surface area contributed by atoms with Gasteiger partial charge in [0, 0.05) is 0 Å². The second-order valence-corrected chi connectivity index (χ2v) is 5.29. The third-order valence-electron chi connectivity index (χ3n) is 2.31. The molecule has 0 aromatic heterocycles. The third-order valence-corrected chi connectivity index (χ3v) is 2.31. The van der Waals surface area contributed by atoms with Crippen LogP contribution in [0.1, 0.15) is 40.5 Å². The molecule has 1 N–H and O–H groups in total. The summed E-state index contributed by atoms with van der Waals surface area (Å²) in [6, 6.07) is -0.649. The molecule has 0 spiro atoms. The molecule has 1 aliphatic rings.